The molecule has 0 aliphatic carbocycles. The lowest BCUT2D eigenvalue weighted by Crippen LogP contribution is -2.21. The van der Waals surface area contributed by atoms with Crippen molar-refractivity contribution in [3.8, 4) is 5.75 Å². The van der Waals surface area contributed by atoms with Crippen LogP contribution in [0, 0.1) is 6.92 Å². The highest BCUT2D eigenvalue weighted by Gasteiger charge is 2.11. The summed E-state index contributed by atoms with van der Waals surface area (Å²) >= 11 is 3.56. The van der Waals surface area contributed by atoms with E-state index in [1.54, 1.807) is 7.05 Å². The Bertz CT molecular complexity index is 698. The predicted molar refractivity (Wildman–Crippen MR) is 96.8 cm³/mol. The summed E-state index contributed by atoms with van der Waals surface area (Å²) in [4.78, 5) is 11.7. The molecule has 0 radical (unpaired) electrons. The monoisotopic (exact) mass is 375 g/mol. The minimum atomic E-state index is -0.00664. The van der Waals surface area contributed by atoms with Gasteiger partial charge >= 0.3 is 0 Å². The highest BCUT2D eigenvalue weighted by molar-refractivity contribution is 9.10. The number of carbonyl (C=O) groups is 1. The lowest BCUT2D eigenvalue weighted by atomic mass is 10.0. The van der Waals surface area contributed by atoms with E-state index in [-0.39, 0.29) is 5.91 Å². The highest BCUT2D eigenvalue weighted by Crippen LogP contribution is 2.25. The van der Waals surface area contributed by atoms with Crippen LogP contribution in [0.25, 0.3) is 0 Å². The van der Waals surface area contributed by atoms with Gasteiger partial charge in [0.25, 0.3) is 0 Å². The van der Waals surface area contributed by atoms with E-state index in [0.717, 1.165) is 33.3 Å². The van der Waals surface area contributed by atoms with Crippen LogP contribution in [0.15, 0.2) is 40.9 Å². The topological polar surface area (TPSA) is 38.3 Å². The number of amides is 1. The minimum absolute atomic E-state index is 0.00664. The van der Waals surface area contributed by atoms with E-state index in [1.165, 1.54) is 5.56 Å². The van der Waals surface area contributed by atoms with Crippen LogP contribution in [-0.4, -0.2) is 13.0 Å². The van der Waals surface area contributed by atoms with E-state index in [0.29, 0.717) is 13.0 Å². The third kappa shape index (κ3) is 4.58. The Balaban J connectivity index is 2.18. The van der Waals surface area contributed by atoms with Gasteiger partial charge in [0.2, 0.25) is 5.91 Å². The molecule has 0 bridgehead atoms. The second-order valence-corrected chi connectivity index (χ2v) is 6.32. The lowest BCUT2D eigenvalue weighted by Gasteiger charge is -2.14. The van der Waals surface area contributed by atoms with Crippen molar-refractivity contribution in [2.75, 3.05) is 7.05 Å². The summed E-state index contributed by atoms with van der Waals surface area (Å²) in [5.74, 6) is 0.872. The van der Waals surface area contributed by atoms with Crippen LogP contribution >= 0.6 is 15.9 Å². The Hall–Kier alpha value is -1.81. The summed E-state index contributed by atoms with van der Waals surface area (Å²) in [6.45, 7) is 4.63. The summed E-state index contributed by atoms with van der Waals surface area (Å²) in [6, 6.07) is 12.1. The van der Waals surface area contributed by atoms with Gasteiger partial charge in [-0.15, -0.1) is 0 Å². The molecule has 1 amide bonds. The zero-order valence-corrected chi connectivity index (χ0v) is 15.4. The first kappa shape index (κ1) is 17.5. The van der Waals surface area contributed by atoms with Gasteiger partial charge in [0.1, 0.15) is 12.4 Å². The van der Waals surface area contributed by atoms with E-state index in [2.05, 4.69) is 47.2 Å². The molecule has 2 rings (SSSR count). The van der Waals surface area contributed by atoms with Crippen LogP contribution in [0.5, 0.6) is 5.75 Å². The number of benzene rings is 2. The van der Waals surface area contributed by atoms with Gasteiger partial charge in [-0.1, -0.05) is 47.1 Å². The molecule has 0 saturated carbocycles. The maximum atomic E-state index is 11.7. The molecule has 0 fully saturated rings. The minimum Gasteiger partial charge on any atom is -0.489 e. The molecule has 0 aliphatic rings. The van der Waals surface area contributed by atoms with Crippen molar-refractivity contribution >= 4 is 21.8 Å². The maximum absolute atomic E-state index is 11.7. The average Bonchev–Trinajstić information content (AvgIpc) is 2.55. The molecule has 23 heavy (non-hydrogen) atoms. The number of halogens is 1. The standard InChI is InChI=1S/C19H22BrNO2/c1-4-14-8-9-18(13(2)10-14)23-12-16-15(11-19(22)21-3)6-5-7-17(16)20/h5-10H,4,11-12H2,1-3H3,(H,21,22). The first-order chi connectivity index (χ1) is 11.0. The molecular weight excluding hydrogens is 354 g/mol. The normalized spacial score (nSPS) is 10.4. The number of aryl methyl sites for hydroxylation is 2. The van der Waals surface area contributed by atoms with Gasteiger partial charge in [0.05, 0.1) is 6.42 Å². The quantitative estimate of drug-likeness (QED) is 0.821. The average molecular weight is 376 g/mol. The second-order valence-electron chi connectivity index (χ2n) is 5.47. The molecular formula is C19H22BrNO2. The fraction of sp³-hybridized carbons (Fsp3) is 0.316. The number of rotatable bonds is 6. The van der Waals surface area contributed by atoms with E-state index < -0.39 is 0 Å². The number of hydrogen-bond acceptors (Lipinski definition) is 2. The van der Waals surface area contributed by atoms with Gasteiger partial charge in [-0.2, -0.15) is 0 Å². The molecule has 0 spiro atoms. The predicted octanol–water partition coefficient (Wildman–Crippen LogP) is 4.19. The SMILES string of the molecule is CCc1ccc(OCc2c(Br)cccc2CC(=O)NC)c(C)c1. The molecule has 4 heteroatoms. The third-order valence-corrected chi connectivity index (χ3v) is 4.61. The van der Waals surface area contributed by atoms with Crippen molar-refractivity contribution < 1.29 is 9.53 Å². The molecule has 0 unspecified atom stereocenters. The number of likely N-dealkylation sites (N-methyl/N-ethyl adjacent to an activating group) is 1. The van der Waals surface area contributed by atoms with Gasteiger partial charge in [-0.25, -0.2) is 0 Å². The van der Waals surface area contributed by atoms with Gasteiger partial charge in [0, 0.05) is 17.1 Å². The second kappa shape index (κ2) is 8.16. The van der Waals surface area contributed by atoms with Gasteiger partial charge in [0.15, 0.2) is 0 Å². The van der Waals surface area contributed by atoms with Crippen LogP contribution in [-0.2, 0) is 24.2 Å². The maximum Gasteiger partial charge on any atom is 0.224 e. The fourth-order valence-corrected chi connectivity index (χ4v) is 2.96. The molecule has 0 aromatic heterocycles. The summed E-state index contributed by atoms with van der Waals surface area (Å²) < 4.78 is 6.96. The zero-order valence-electron chi connectivity index (χ0n) is 13.8. The number of nitrogens with one attached hydrogen (secondary N) is 1. The third-order valence-electron chi connectivity index (χ3n) is 3.87. The summed E-state index contributed by atoms with van der Waals surface area (Å²) in [7, 11) is 1.65. The van der Waals surface area contributed by atoms with Gasteiger partial charge in [-0.05, 0) is 42.2 Å². The molecule has 122 valence electrons. The molecule has 2 aromatic carbocycles. The van der Waals surface area contributed by atoms with E-state index in [1.807, 2.05) is 24.3 Å². The number of hydrogen-bond donors (Lipinski definition) is 1. The van der Waals surface area contributed by atoms with Crippen molar-refractivity contribution in [2.45, 2.75) is 33.3 Å². The molecule has 2 aromatic rings. The molecule has 0 aliphatic heterocycles. The van der Waals surface area contributed by atoms with Crippen LogP contribution in [0.1, 0.15) is 29.2 Å². The Labute approximate surface area is 146 Å². The molecule has 1 N–H and O–H groups in total. The lowest BCUT2D eigenvalue weighted by molar-refractivity contribution is -0.119. The Morgan fingerprint density at radius 3 is 2.70 bits per heavy atom. The number of carbonyl (C=O) groups excluding carboxylic acids is 1. The summed E-state index contributed by atoms with van der Waals surface area (Å²) in [5, 5.41) is 2.66. The van der Waals surface area contributed by atoms with Crippen molar-refractivity contribution in [2.24, 2.45) is 0 Å². The van der Waals surface area contributed by atoms with E-state index >= 15 is 0 Å². The Morgan fingerprint density at radius 1 is 1.26 bits per heavy atom. The van der Waals surface area contributed by atoms with Crippen molar-refractivity contribution in [1.29, 1.82) is 0 Å². The molecule has 0 heterocycles. The zero-order chi connectivity index (χ0) is 16.8. The molecule has 0 atom stereocenters. The van der Waals surface area contributed by atoms with Crippen molar-refractivity contribution in [1.82, 2.24) is 5.32 Å². The largest absolute Gasteiger partial charge is 0.489 e. The van der Waals surface area contributed by atoms with Crippen LogP contribution in [0.3, 0.4) is 0 Å². The van der Waals surface area contributed by atoms with Crippen molar-refractivity contribution in [3.05, 3.63) is 63.1 Å². The Morgan fingerprint density at radius 2 is 2.04 bits per heavy atom. The molecule has 3 nitrogen and oxygen atoms in total. The van der Waals surface area contributed by atoms with E-state index in [4.69, 9.17) is 4.74 Å². The van der Waals surface area contributed by atoms with Crippen LogP contribution < -0.4 is 10.1 Å². The fourth-order valence-electron chi connectivity index (χ4n) is 2.44. The van der Waals surface area contributed by atoms with Crippen LogP contribution in [0.4, 0.5) is 0 Å². The van der Waals surface area contributed by atoms with Crippen LogP contribution in [0.2, 0.25) is 0 Å². The first-order valence-corrected chi connectivity index (χ1v) is 8.53. The summed E-state index contributed by atoms with van der Waals surface area (Å²) in [6.07, 6.45) is 1.37. The van der Waals surface area contributed by atoms with Gasteiger partial charge < -0.3 is 10.1 Å². The first-order valence-electron chi connectivity index (χ1n) is 7.74. The van der Waals surface area contributed by atoms with E-state index in [9.17, 15) is 4.79 Å². The smallest absolute Gasteiger partial charge is 0.224 e. The Kier molecular flexibility index (Phi) is 6.22. The highest BCUT2D eigenvalue weighted by atomic mass is 79.9. The van der Waals surface area contributed by atoms with Crippen molar-refractivity contribution in [3.63, 3.8) is 0 Å². The number of ether oxygens (including phenoxy) is 1. The summed E-state index contributed by atoms with van der Waals surface area (Å²) in [5.41, 5.74) is 4.41. The molecule has 0 saturated heterocycles. The van der Waals surface area contributed by atoms with Gasteiger partial charge in [-0.3, -0.25) is 4.79 Å².